The maximum Gasteiger partial charge on any atom is 0.295 e. The Morgan fingerprint density at radius 1 is 0.957 bits per heavy atom. The third kappa shape index (κ3) is 9.38. The van der Waals surface area contributed by atoms with Crippen molar-refractivity contribution in [3.63, 3.8) is 0 Å². The molecular formula is C34H37ClN4O7. The number of hydrogen-bond acceptors (Lipinski definition) is 7. The minimum Gasteiger partial charge on any atom is -0.436 e. The molecule has 4 amide bonds. The topological polar surface area (TPSA) is 143 Å². The van der Waals surface area contributed by atoms with E-state index in [-0.39, 0.29) is 36.0 Å². The fourth-order valence-electron chi connectivity index (χ4n) is 5.12. The first-order valence-corrected chi connectivity index (χ1v) is 15.3. The second-order valence-electron chi connectivity index (χ2n) is 11.0. The summed E-state index contributed by atoms with van der Waals surface area (Å²) in [4.78, 5) is 64.6. The Bertz CT molecular complexity index is 1520. The molecule has 0 aromatic heterocycles. The van der Waals surface area contributed by atoms with Gasteiger partial charge in [0.2, 0.25) is 24.0 Å². The first kappa shape index (κ1) is 34.1. The first-order valence-electron chi connectivity index (χ1n) is 15.0. The largest absolute Gasteiger partial charge is 0.436 e. The van der Waals surface area contributed by atoms with E-state index in [4.69, 9.17) is 21.1 Å². The average molecular weight is 649 g/mol. The molecule has 0 aliphatic carbocycles. The Morgan fingerprint density at radius 3 is 2.28 bits per heavy atom. The van der Waals surface area contributed by atoms with Gasteiger partial charge in [-0.05, 0) is 56.0 Å². The van der Waals surface area contributed by atoms with Gasteiger partial charge in [-0.1, -0.05) is 72.3 Å². The second-order valence-corrected chi connectivity index (χ2v) is 11.4. The SMILES string of the molecule is CC(NC(=O)[C@@H]1CCCN1C(=O)[C@H](C)NC(=O)c1ccc(NC(=O)Cc2ccccc2)c(Cl)c1)C(OC=O)OCc1ccccc1. The van der Waals surface area contributed by atoms with E-state index in [1.807, 2.05) is 60.7 Å². The molecular weight excluding hydrogens is 612 g/mol. The van der Waals surface area contributed by atoms with Crippen LogP contribution in [0.3, 0.4) is 0 Å². The summed E-state index contributed by atoms with van der Waals surface area (Å²) in [5, 5.41) is 8.39. The Balaban J connectivity index is 1.30. The minimum atomic E-state index is -1.04. The molecule has 242 valence electrons. The maximum atomic E-state index is 13.4. The summed E-state index contributed by atoms with van der Waals surface area (Å²) < 4.78 is 10.8. The van der Waals surface area contributed by atoms with Crippen LogP contribution >= 0.6 is 11.6 Å². The summed E-state index contributed by atoms with van der Waals surface area (Å²) in [5.41, 5.74) is 2.27. The van der Waals surface area contributed by atoms with E-state index in [1.54, 1.807) is 13.8 Å². The lowest BCUT2D eigenvalue weighted by atomic mass is 10.1. The predicted molar refractivity (Wildman–Crippen MR) is 172 cm³/mol. The fraction of sp³-hybridized carbons (Fsp3) is 0.324. The normalized spacial score (nSPS) is 16.1. The summed E-state index contributed by atoms with van der Waals surface area (Å²) in [6, 6.07) is 20.6. The summed E-state index contributed by atoms with van der Waals surface area (Å²) in [6.45, 7) is 3.96. The zero-order valence-corrected chi connectivity index (χ0v) is 26.4. The van der Waals surface area contributed by atoms with Crippen molar-refractivity contribution in [1.29, 1.82) is 0 Å². The van der Waals surface area contributed by atoms with E-state index in [0.29, 0.717) is 25.1 Å². The van der Waals surface area contributed by atoms with Crippen molar-refractivity contribution in [2.75, 3.05) is 11.9 Å². The maximum absolute atomic E-state index is 13.4. The van der Waals surface area contributed by atoms with Gasteiger partial charge < -0.3 is 30.3 Å². The molecule has 1 heterocycles. The number of hydrogen-bond donors (Lipinski definition) is 3. The highest BCUT2D eigenvalue weighted by atomic mass is 35.5. The molecule has 3 N–H and O–H groups in total. The highest BCUT2D eigenvalue weighted by molar-refractivity contribution is 6.34. The van der Waals surface area contributed by atoms with Gasteiger partial charge in [-0.15, -0.1) is 0 Å². The van der Waals surface area contributed by atoms with E-state index in [1.165, 1.54) is 23.1 Å². The van der Waals surface area contributed by atoms with Crippen LogP contribution in [0, 0.1) is 0 Å². The van der Waals surface area contributed by atoms with E-state index >= 15 is 0 Å². The second kappa shape index (κ2) is 16.5. The van der Waals surface area contributed by atoms with Crippen LogP contribution in [0.1, 0.15) is 48.2 Å². The van der Waals surface area contributed by atoms with Gasteiger partial charge in [0.15, 0.2) is 0 Å². The van der Waals surface area contributed by atoms with E-state index in [0.717, 1.165) is 11.1 Å². The number of anilines is 1. The van der Waals surface area contributed by atoms with Crippen LogP contribution in [0.15, 0.2) is 78.9 Å². The van der Waals surface area contributed by atoms with Crippen molar-refractivity contribution in [3.8, 4) is 0 Å². The Morgan fingerprint density at radius 2 is 1.63 bits per heavy atom. The molecule has 0 spiro atoms. The lowest BCUT2D eigenvalue weighted by Crippen LogP contribution is -2.55. The van der Waals surface area contributed by atoms with Crippen molar-refractivity contribution < 1.29 is 33.4 Å². The van der Waals surface area contributed by atoms with Crippen LogP contribution in [-0.4, -0.2) is 66.0 Å². The number of amides is 4. The number of benzene rings is 3. The van der Waals surface area contributed by atoms with Crippen LogP contribution < -0.4 is 16.0 Å². The summed E-state index contributed by atoms with van der Waals surface area (Å²) >= 11 is 6.36. The molecule has 1 aliphatic heterocycles. The summed E-state index contributed by atoms with van der Waals surface area (Å²) in [7, 11) is 0. The van der Waals surface area contributed by atoms with E-state index < -0.39 is 42.1 Å². The van der Waals surface area contributed by atoms with Crippen molar-refractivity contribution in [2.24, 2.45) is 0 Å². The lowest BCUT2D eigenvalue weighted by Gasteiger charge is -2.29. The van der Waals surface area contributed by atoms with Crippen LogP contribution in [0.4, 0.5) is 5.69 Å². The number of nitrogens with zero attached hydrogens (tertiary/aromatic N) is 1. The number of rotatable bonds is 14. The number of halogens is 1. The zero-order chi connectivity index (χ0) is 33.1. The third-order valence-electron chi connectivity index (χ3n) is 7.49. The molecule has 0 bridgehead atoms. The number of likely N-dealkylation sites (tertiary alicyclic amines) is 1. The molecule has 2 unspecified atom stereocenters. The van der Waals surface area contributed by atoms with Gasteiger partial charge >= 0.3 is 0 Å². The van der Waals surface area contributed by atoms with Gasteiger partial charge in [0, 0.05) is 12.1 Å². The molecule has 11 nitrogen and oxygen atoms in total. The fourth-order valence-corrected chi connectivity index (χ4v) is 5.35. The quantitative estimate of drug-likeness (QED) is 0.178. The van der Waals surface area contributed by atoms with Gasteiger partial charge in [0.05, 0.1) is 29.8 Å². The highest BCUT2D eigenvalue weighted by Crippen LogP contribution is 2.24. The lowest BCUT2D eigenvalue weighted by molar-refractivity contribution is -0.175. The van der Waals surface area contributed by atoms with Crippen molar-refractivity contribution in [2.45, 2.75) is 64.1 Å². The third-order valence-corrected chi connectivity index (χ3v) is 7.81. The van der Waals surface area contributed by atoms with Gasteiger partial charge in [-0.2, -0.15) is 0 Å². The van der Waals surface area contributed by atoms with Crippen LogP contribution in [-0.2, 0) is 41.7 Å². The van der Waals surface area contributed by atoms with Crippen molar-refractivity contribution >= 4 is 47.4 Å². The Kier molecular flexibility index (Phi) is 12.3. The van der Waals surface area contributed by atoms with Crippen molar-refractivity contribution in [3.05, 3.63) is 101 Å². The molecule has 12 heteroatoms. The molecule has 3 aromatic rings. The molecule has 46 heavy (non-hydrogen) atoms. The molecule has 0 radical (unpaired) electrons. The smallest absolute Gasteiger partial charge is 0.295 e. The molecule has 1 aliphatic rings. The van der Waals surface area contributed by atoms with Gasteiger partial charge in [0.1, 0.15) is 12.1 Å². The predicted octanol–water partition coefficient (Wildman–Crippen LogP) is 3.85. The monoisotopic (exact) mass is 648 g/mol. The van der Waals surface area contributed by atoms with Gasteiger partial charge in [0.25, 0.3) is 12.4 Å². The molecule has 0 saturated carbocycles. The standard InChI is InChI=1S/C34H37ClN4O7/c1-22(36-31(42)26-15-16-28(27(35)19-26)38-30(41)18-24-10-5-3-6-11-24)33(44)39-17-9-14-29(39)32(43)37-23(2)34(46-21-40)45-20-25-12-7-4-8-13-25/h3-8,10-13,15-16,19,21-23,29,34H,9,14,17-18,20H2,1-2H3,(H,36,42)(H,37,43)(H,38,41)/t22-,23?,29-,34?/m0/s1. The summed E-state index contributed by atoms with van der Waals surface area (Å²) in [5.74, 6) is -1.63. The van der Waals surface area contributed by atoms with E-state index in [2.05, 4.69) is 16.0 Å². The highest BCUT2D eigenvalue weighted by Gasteiger charge is 2.37. The average Bonchev–Trinajstić information content (AvgIpc) is 3.55. The number of ether oxygens (including phenoxy) is 2. The molecule has 3 aromatic carbocycles. The van der Waals surface area contributed by atoms with E-state index in [9.17, 15) is 24.0 Å². The first-order chi connectivity index (χ1) is 22.2. The minimum absolute atomic E-state index is 0.168. The number of nitrogens with one attached hydrogen (secondary N) is 3. The molecule has 1 saturated heterocycles. The molecule has 4 rings (SSSR count). The Hall–Kier alpha value is -4.74. The summed E-state index contributed by atoms with van der Waals surface area (Å²) in [6.07, 6.45) is 0.163. The number of carbonyl (C=O) groups excluding carboxylic acids is 5. The van der Waals surface area contributed by atoms with Gasteiger partial charge in [-0.25, -0.2) is 0 Å². The molecule has 1 fully saturated rings. The molecule has 4 atom stereocenters. The van der Waals surface area contributed by atoms with Crippen LogP contribution in [0.25, 0.3) is 0 Å². The van der Waals surface area contributed by atoms with Gasteiger partial charge in [-0.3, -0.25) is 24.0 Å². The Labute approximate surface area is 272 Å². The zero-order valence-electron chi connectivity index (χ0n) is 25.6. The number of carbonyl (C=O) groups is 5. The van der Waals surface area contributed by atoms with Crippen LogP contribution in [0.5, 0.6) is 0 Å². The van der Waals surface area contributed by atoms with Crippen molar-refractivity contribution in [1.82, 2.24) is 15.5 Å². The van der Waals surface area contributed by atoms with Crippen LogP contribution in [0.2, 0.25) is 5.02 Å².